The molecule has 0 bridgehead atoms. The molecule has 0 heterocycles. The van der Waals surface area contributed by atoms with Gasteiger partial charge in [0.15, 0.2) is 0 Å². The summed E-state index contributed by atoms with van der Waals surface area (Å²) in [6.07, 6.45) is 0.562. The Morgan fingerprint density at radius 2 is 1.38 bits per heavy atom. The van der Waals surface area contributed by atoms with Crippen LogP contribution in [-0.4, -0.2) is 15.3 Å². The second kappa shape index (κ2) is 4.14. The molecule has 0 fully saturated rings. The first-order chi connectivity index (χ1) is 7.65. The van der Waals surface area contributed by atoms with Crippen LogP contribution in [0.25, 0.3) is 0 Å². The van der Waals surface area contributed by atoms with Gasteiger partial charge in [0, 0.05) is 12.5 Å². The zero-order valence-electron chi connectivity index (χ0n) is 8.59. The Morgan fingerprint density at radius 1 is 0.750 bits per heavy atom. The maximum absolute atomic E-state index is 9.60. The Balaban J connectivity index is 2.23. The molecule has 0 aliphatic carbocycles. The monoisotopic (exact) mass is 216 g/mol. The van der Waals surface area contributed by atoms with Crippen molar-refractivity contribution in [3.05, 3.63) is 53.6 Å². The highest BCUT2D eigenvalue weighted by atomic mass is 16.3. The molecule has 0 aliphatic rings. The van der Waals surface area contributed by atoms with Crippen molar-refractivity contribution in [3.8, 4) is 17.2 Å². The predicted molar refractivity (Wildman–Crippen MR) is 60.7 cm³/mol. The Labute approximate surface area is 93.2 Å². The third kappa shape index (κ3) is 2.25. The normalized spacial score (nSPS) is 10.2. The van der Waals surface area contributed by atoms with E-state index >= 15 is 0 Å². The first kappa shape index (κ1) is 10.4. The average Bonchev–Trinajstić information content (AvgIpc) is 2.25. The highest BCUT2D eigenvalue weighted by Gasteiger charge is 2.03. The SMILES string of the molecule is Oc1ccc(Cc2ccc(O)cc2O)cc1. The minimum Gasteiger partial charge on any atom is -0.508 e. The summed E-state index contributed by atoms with van der Waals surface area (Å²) in [5.41, 5.74) is 1.72. The Hall–Kier alpha value is -2.16. The van der Waals surface area contributed by atoms with Crippen molar-refractivity contribution in [3.63, 3.8) is 0 Å². The summed E-state index contributed by atoms with van der Waals surface area (Å²) >= 11 is 0. The first-order valence-corrected chi connectivity index (χ1v) is 4.94. The van der Waals surface area contributed by atoms with Crippen molar-refractivity contribution in [2.45, 2.75) is 6.42 Å². The number of hydrogen-bond acceptors (Lipinski definition) is 3. The van der Waals surface area contributed by atoms with Crippen LogP contribution in [0.15, 0.2) is 42.5 Å². The first-order valence-electron chi connectivity index (χ1n) is 4.94. The summed E-state index contributed by atoms with van der Waals surface area (Å²) in [6.45, 7) is 0. The maximum atomic E-state index is 9.60. The van der Waals surface area contributed by atoms with E-state index in [-0.39, 0.29) is 17.2 Å². The van der Waals surface area contributed by atoms with Gasteiger partial charge in [0.1, 0.15) is 17.2 Å². The van der Waals surface area contributed by atoms with Gasteiger partial charge in [-0.05, 0) is 29.3 Å². The van der Waals surface area contributed by atoms with Gasteiger partial charge in [0.05, 0.1) is 0 Å². The van der Waals surface area contributed by atoms with Crippen molar-refractivity contribution in [1.29, 1.82) is 0 Å². The fourth-order valence-electron chi connectivity index (χ4n) is 1.54. The lowest BCUT2D eigenvalue weighted by atomic mass is 10.0. The summed E-state index contributed by atoms with van der Waals surface area (Å²) in [5, 5.41) is 27.9. The molecule has 3 nitrogen and oxygen atoms in total. The van der Waals surface area contributed by atoms with E-state index in [0.717, 1.165) is 11.1 Å². The second-order valence-corrected chi connectivity index (χ2v) is 3.66. The Kier molecular flexibility index (Phi) is 2.68. The summed E-state index contributed by atoms with van der Waals surface area (Å²) in [5.74, 6) is 0.346. The Morgan fingerprint density at radius 3 is 2.00 bits per heavy atom. The molecule has 0 saturated heterocycles. The zero-order chi connectivity index (χ0) is 11.5. The van der Waals surface area contributed by atoms with Crippen molar-refractivity contribution in [2.24, 2.45) is 0 Å². The van der Waals surface area contributed by atoms with Gasteiger partial charge in [-0.2, -0.15) is 0 Å². The summed E-state index contributed by atoms with van der Waals surface area (Å²) < 4.78 is 0. The minimum atomic E-state index is 0.0481. The molecule has 0 aliphatic heterocycles. The largest absolute Gasteiger partial charge is 0.508 e. The summed E-state index contributed by atoms with van der Waals surface area (Å²) in [4.78, 5) is 0. The van der Waals surface area contributed by atoms with E-state index < -0.39 is 0 Å². The van der Waals surface area contributed by atoms with Crippen LogP contribution < -0.4 is 0 Å². The van der Waals surface area contributed by atoms with E-state index in [2.05, 4.69) is 0 Å². The van der Waals surface area contributed by atoms with Crippen LogP contribution in [0.3, 0.4) is 0 Å². The molecule has 3 heteroatoms. The van der Waals surface area contributed by atoms with Gasteiger partial charge in [0.2, 0.25) is 0 Å². The van der Waals surface area contributed by atoms with Gasteiger partial charge in [-0.1, -0.05) is 18.2 Å². The third-order valence-electron chi connectivity index (χ3n) is 2.40. The van der Waals surface area contributed by atoms with E-state index in [1.54, 1.807) is 30.3 Å². The van der Waals surface area contributed by atoms with E-state index in [9.17, 15) is 5.11 Å². The van der Waals surface area contributed by atoms with Crippen molar-refractivity contribution in [2.75, 3.05) is 0 Å². The molecule has 2 rings (SSSR count). The predicted octanol–water partition coefficient (Wildman–Crippen LogP) is 2.39. The molecule has 0 unspecified atom stereocenters. The lowest BCUT2D eigenvalue weighted by molar-refractivity contribution is 0.447. The molecule has 0 aromatic heterocycles. The number of phenols is 3. The zero-order valence-corrected chi connectivity index (χ0v) is 8.59. The van der Waals surface area contributed by atoms with Gasteiger partial charge in [-0.15, -0.1) is 0 Å². The molecule has 2 aromatic rings. The topological polar surface area (TPSA) is 60.7 Å². The van der Waals surface area contributed by atoms with Gasteiger partial charge in [-0.25, -0.2) is 0 Å². The molecular weight excluding hydrogens is 204 g/mol. The lowest BCUT2D eigenvalue weighted by Crippen LogP contribution is -1.88. The second-order valence-electron chi connectivity index (χ2n) is 3.66. The summed E-state index contributed by atoms with van der Waals surface area (Å²) in [6, 6.07) is 11.3. The van der Waals surface area contributed by atoms with Crippen LogP contribution in [0, 0.1) is 0 Å². The molecule has 0 spiro atoms. The molecule has 2 aromatic carbocycles. The maximum Gasteiger partial charge on any atom is 0.122 e. The van der Waals surface area contributed by atoms with Gasteiger partial charge < -0.3 is 15.3 Å². The molecule has 0 atom stereocenters. The fraction of sp³-hybridized carbons (Fsp3) is 0.0769. The fourth-order valence-corrected chi connectivity index (χ4v) is 1.54. The average molecular weight is 216 g/mol. The van der Waals surface area contributed by atoms with Gasteiger partial charge in [0.25, 0.3) is 0 Å². The highest BCUT2D eigenvalue weighted by Crippen LogP contribution is 2.25. The molecular formula is C13H12O3. The molecule has 16 heavy (non-hydrogen) atoms. The van der Waals surface area contributed by atoms with Crippen molar-refractivity contribution < 1.29 is 15.3 Å². The van der Waals surface area contributed by atoms with Crippen LogP contribution in [-0.2, 0) is 6.42 Å². The number of benzene rings is 2. The van der Waals surface area contributed by atoms with Crippen LogP contribution in [0.5, 0.6) is 17.2 Å². The molecule has 0 saturated carbocycles. The van der Waals surface area contributed by atoms with Gasteiger partial charge >= 0.3 is 0 Å². The van der Waals surface area contributed by atoms with Crippen molar-refractivity contribution >= 4 is 0 Å². The van der Waals surface area contributed by atoms with Crippen molar-refractivity contribution in [1.82, 2.24) is 0 Å². The molecule has 82 valence electrons. The number of hydrogen-bond donors (Lipinski definition) is 3. The standard InChI is InChI=1S/C13H12O3/c14-11-4-1-9(2-5-11)7-10-3-6-12(15)8-13(10)16/h1-6,8,14-16H,7H2. The quantitative estimate of drug-likeness (QED) is 0.722. The minimum absolute atomic E-state index is 0.0481. The highest BCUT2D eigenvalue weighted by molar-refractivity contribution is 5.42. The van der Waals surface area contributed by atoms with Crippen LogP contribution in [0.4, 0.5) is 0 Å². The van der Waals surface area contributed by atoms with Gasteiger partial charge in [-0.3, -0.25) is 0 Å². The number of phenolic OH excluding ortho intramolecular Hbond substituents is 3. The Bertz CT molecular complexity index is 489. The van der Waals surface area contributed by atoms with Crippen LogP contribution >= 0.6 is 0 Å². The van der Waals surface area contributed by atoms with E-state index in [1.165, 1.54) is 12.1 Å². The van der Waals surface area contributed by atoms with E-state index in [0.29, 0.717) is 6.42 Å². The van der Waals surface area contributed by atoms with E-state index in [4.69, 9.17) is 10.2 Å². The van der Waals surface area contributed by atoms with E-state index in [1.807, 2.05) is 0 Å². The molecule has 3 N–H and O–H groups in total. The smallest absolute Gasteiger partial charge is 0.122 e. The molecule has 0 amide bonds. The molecule has 0 radical (unpaired) electrons. The number of aromatic hydroxyl groups is 3. The van der Waals surface area contributed by atoms with Crippen LogP contribution in [0.2, 0.25) is 0 Å². The summed E-state index contributed by atoms with van der Waals surface area (Å²) in [7, 11) is 0. The number of rotatable bonds is 2. The van der Waals surface area contributed by atoms with Crippen LogP contribution in [0.1, 0.15) is 11.1 Å². The lowest BCUT2D eigenvalue weighted by Gasteiger charge is -2.05. The third-order valence-corrected chi connectivity index (χ3v) is 2.40.